The molecular weight excluding hydrogens is 266 g/mol. The van der Waals surface area contributed by atoms with E-state index < -0.39 is 0 Å². The van der Waals surface area contributed by atoms with Gasteiger partial charge in [0, 0.05) is 13.1 Å². The van der Waals surface area contributed by atoms with Crippen LogP contribution in [0.5, 0.6) is 5.75 Å². The Morgan fingerprint density at radius 2 is 1.86 bits per heavy atom. The number of amides is 1. The molecule has 0 bridgehead atoms. The van der Waals surface area contributed by atoms with E-state index >= 15 is 0 Å². The average molecular weight is 291 g/mol. The van der Waals surface area contributed by atoms with Crippen LogP contribution in [0.15, 0.2) is 24.3 Å². The van der Waals surface area contributed by atoms with E-state index in [0.717, 1.165) is 37.2 Å². The molecule has 4 heteroatoms. The Morgan fingerprint density at radius 3 is 2.38 bits per heavy atom. The lowest BCUT2D eigenvalue weighted by molar-refractivity contribution is -0.133. The number of nitrogens with zero attached hydrogens (tertiary/aromatic N) is 1. The van der Waals surface area contributed by atoms with Gasteiger partial charge in [-0.3, -0.25) is 4.79 Å². The molecule has 0 N–H and O–H groups in total. The van der Waals surface area contributed by atoms with E-state index in [1.807, 2.05) is 29.2 Å². The molecule has 0 radical (unpaired) electrons. The van der Waals surface area contributed by atoms with Crippen LogP contribution in [-0.4, -0.2) is 43.2 Å². The minimum absolute atomic E-state index is 0.197. The highest BCUT2D eigenvalue weighted by atomic mass is 16.5. The van der Waals surface area contributed by atoms with Gasteiger partial charge in [-0.1, -0.05) is 12.1 Å². The number of piperidine rings is 1. The topological polar surface area (TPSA) is 38.8 Å². The Balaban J connectivity index is 1.81. The number of methoxy groups -OCH3 is 1. The highest BCUT2D eigenvalue weighted by Gasteiger charge is 2.23. The molecule has 1 fully saturated rings. The summed E-state index contributed by atoms with van der Waals surface area (Å²) in [4.78, 5) is 14.3. The van der Waals surface area contributed by atoms with Gasteiger partial charge in [0.1, 0.15) is 5.75 Å². The highest BCUT2D eigenvalue weighted by molar-refractivity contribution is 5.78. The lowest BCUT2D eigenvalue weighted by Crippen LogP contribution is -2.42. The summed E-state index contributed by atoms with van der Waals surface area (Å²) in [5.41, 5.74) is 1.03. The lowest BCUT2D eigenvalue weighted by atomic mass is 10.1. The molecule has 1 aliphatic heterocycles. The molecule has 21 heavy (non-hydrogen) atoms. The van der Waals surface area contributed by atoms with Crippen LogP contribution in [0, 0.1) is 0 Å². The van der Waals surface area contributed by atoms with Crippen molar-refractivity contribution >= 4 is 5.91 Å². The second kappa shape index (κ2) is 7.46. The Kier molecular flexibility index (Phi) is 5.62. The Bertz CT molecular complexity index is 448. The first kappa shape index (κ1) is 15.8. The molecule has 4 nitrogen and oxygen atoms in total. The van der Waals surface area contributed by atoms with E-state index in [2.05, 4.69) is 13.8 Å². The van der Waals surface area contributed by atoms with E-state index in [1.54, 1.807) is 7.11 Å². The van der Waals surface area contributed by atoms with Gasteiger partial charge in [0.25, 0.3) is 0 Å². The minimum Gasteiger partial charge on any atom is -0.497 e. The van der Waals surface area contributed by atoms with Crippen LogP contribution < -0.4 is 4.74 Å². The number of likely N-dealkylation sites (tertiary alicyclic amines) is 1. The van der Waals surface area contributed by atoms with Crippen LogP contribution in [-0.2, 0) is 16.0 Å². The van der Waals surface area contributed by atoms with E-state index in [4.69, 9.17) is 9.47 Å². The van der Waals surface area contributed by atoms with Gasteiger partial charge in [0.05, 0.1) is 25.7 Å². The first-order valence-electron chi connectivity index (χ1n) is 7.64. The molecule has 0 atom stereocenters. The summed E-state index contributed by atoms with van der Waals surface area (Å²) in [6.07, 6.45) is 2.89. The van der Waals surface area contributed by atoms with Crippen molar-refractivity contribution in [2.24, 2.45) is 0 Å². The Morgan fingerprint density at radius 1 is 1.24 bits per heavy atom. The third kappa shape index (κ3) is 4.74. The number of ether oxygens (including phenoxy) is 2. The molecule has 2 rings (SSSR count). The van der Waals surface area contributed by atoms with Crippen molar-refractivity contribution in [3.63, 3.8) is 0 Å². The zero-order valence-corrected chi connectivity index (χ0v) is 13.2. The average Bonchev–Trinajstić information content (AvgIpc) is 2.48. The van der Waals surface area contributed by atoms with Crippen molar-refractivity contribution in [2.45, 2.75) is 45.3 Å². The van der Waals surface area contributed by atoms with Crippen LogP contribution in [0.4, 0.5) is 0 Å². The molecule has 0 saturated carbocycles. The lowest BCUT2D eigenvalue weighted by Gasteiger charge is -2.33. The van der Waals surface area contributed by atoms with Crippen molar-refractivity contribution in [3.8, 4) is 5.75 Å². The fourth-order valence-electron chi connectivity index (χ4n) is 2.66. The molecule has 116 valence electrons. The van der Waals surface area contributed by atoms with Gasteiger partial charge in [-0.2, -0.15) is 0 Å². The Hall–Kier alpha value is -1.55. The van der Waals surface area contributed by atoms with Crippen molar-refractivity contribution in [1.82, 2.24) is 4.90 Å². The van der Waals surface area contributed by atoms with Gasteiger partial charge in [0.15, 0.2) is 0 Å². The third-order valence-electron chi connectivity index (χ3n) is 3.77. The van der Waals surface area contributed by atoms with E-state index in [-0.39, 0.29) is 12.0 Å². The molecule has 1 aromatic carbocycles. The minimum atomic E-state index is 0.197. The SMILES string of the molecule is COc1ccc(CC(=O)N2CCC(OC(C)C)CC2)cc1. The van der Waals surface area contributed by atoms with Gasteiger partial charge in [-0.25, -0.2) is 0 Å². The van der Waals surface area contributed by atoms with Gasteiger partial charge in [-0.15, -0.1) is 0 Å². The van der Waals surface area contributed by atoms with E-state index in [9.17, 15) is 4.79 Å². The van der Waals surface area contributed by atoms with Crippen LogP contribution in [0.25, 0.3) is 0 Å². The zero-order chi connectivity index (χ0) is 15.2. The molecule has 0 unspecified atom stereocenters. The molecular formula is C17H25NO3. The van der Waals surface area contributed by atoms with Gasteiger partial charge < -0.3 is 14.4 Å². The maximum Gasteiger partial charge on any atom is 0.226 e. The van der Waals surface area contributed by atoms with Crippen molar-refractivity contribution in [2.75, 3.05) is 20.2 Å². The summed E-state index contributed by atoms with van der Waals surface area (Å²) in [6, 6.07) is 7.69. The summed E-state index contributed by atoms with van der Waals surface area (Å²) < 4.78 is 10.9. The van der Waals surface area contributed by atoms with Gasteiger partial charge in [-0.05, 0) is 44.4 Å². The fraction of sp³-hybridized carbons (Fsp3) is 0.588. The van der Waals surface area contributed by atoms with Gasteiger partial charge in [0.2, 0.25) is 5.91 Å². The molecule has 0 aliphatic carbocycles. The maximum absolute atomic E-state index is 12.3. The number of carbonyl (C=O) groups is 1. The number of hydrogen-bond donors (Lipinski definition) is 0. The van der Waals surface area contributed by atoms with Crippen LogP contribution in [0.2, 0.25) is 0 Å². The van der Waals surface area contributed by atoms with E-state index in [0.29, 0.717) is 12.5 Å². The molecule has 1 aliphatic rings. The zero-order valence-electron chi connectivity index (χ0n) is 13.2. The first-order valence-corrected chi connectivity index (χ1v) is 7.64. The van der Waals surface area contributed by atoms with Crippen molar-refractivity contribution in [1.29, 1.82) is 0 Å². The number of hydrogen-bond acceptors (Lipinski definition) is 3. The van der Waals surface area contributed by atoms with E-state index in [1.165, 1.54) is 0 Å². The summed E-state index contributed by atoms with van der Waals surface area (Å²) >= 11 is 0. The largest absolute Gasteiger partial charge is 0.497 e. The quantitative estimate of drug-likeness (QED) is 0.837. The molecule has 1 saturated heterocycles. The third-order valence-corrected chi connectivity index (χ3v) is 3.77. The summed E-state index contributed by atoms with van der Waals surface area (Å²) in [5.74, 6) is 1.01. The molecule has 0 spiro atoms. The predicted molar refractivity (Wildman–Crippen MR) is 82.5 cm³/mol. The van der Waals surface area contributed by atoms with Gasteiger partial charge >= 0.3 is 0 Å². The van der Waals surface area contributed by atoms with Crippen LogP contribution in [0.3, 0.4) is 0 Å². The Labute approximate surface area is 127 Å². The highest BCUT2D eigenvalue weighted by Crippen LogP contribution is 2.17. The fourth-order valence-corrected chi connectivity index (χ4v) is 2.66. The number of carbonyl (C=O) groups excluding carboxylic acids is 1. The number of rotatable bonds is 5. The molecule has 0 aromatic heterocycles. The van der Waals surface area contributed by atoms with Crippen molar-refractivity contribution < 1.29 is 14.3 Å². The van der Waals surface area contributed by atoms with Crippen LogP contribution >= 0.6 is 0 Å². The summed E-state index contributed by atoms with van der Waals surface area (Å²) in [7, 11) is 1.64. The molecule has 1 aromatic rings. The molecule has 1 amide bonds. The summed E-state index contributed by atoms with van der Waals surface area (Å²) in [5, 5.41) is 0. The first-order chi connectivity index (χ1) is 10.1. The standard InChI is InChI=1S/C17H25NO3/c1-13(2)21-16-8-10-18(11-9-16)17(19)12-14-4-6-15(20-3)7-5-14/h4-7,13,16H,8-12H2,1-3H3. The molecule has 1 heterocycles. The van der Waals surface area contributed by atoms with Crippen molar-refractivity contribution in [3.05, 3.63) is 29.8 Å². The normalized spacial score (nSPS) is 16.3. The second-order valence-electron chi connectivity index (χ2n) is 5.79. The van der Waals surface area contributed by atoms with Crippen LogP contribution in [0.1, 0.15) is 32.3 Å². The maximum atomic E-state index is 12.3. The summed E-state index contributed by atoms with van der Waals surface area (Å²) in [6.45, 7) is 5.71. The smallest absolute Gasteiger partial charge is 0.226 e. The second-order valence-corrected chi connectivity index (χ2v) is 5.79. The predicted octanol–water partition coefficient (Wildman–Crippen LogP) is 2.65. The number of benzene rings is 1. The monoisotopic (exact) mass is 291 g/mol.